The van der Waals surface area contributed by atoms with E-state index in [4.69, 9.17) is 4.55 Å². The molecule has 0 atom stereocenters. The molecule has 0 spiro atoms. The van der Waals surface area contributed by atoms with Gasteiger partial charge < -0.3 is 10.2 Å². The second kappa shape index (κ2) is 33.1. The summed E-state index contributed by atoms with van der Waals surface area (Å²) in [5.74, 6) is -1.67. The predicted octanol–water partition coefficient (Wildman–Crippen LogP) is 10.3. The molecule has 0 aliphatic rings. The van der Waals surface area contributed by atoms with Gasteiger partial charge in [0, 0.05) is 20.0 Å². The first-order chi connectivity index (χ1) is 20.6. The van der Waals surface area contributed by atoms with E-state index in [-0.39, 0.29) is 0 Å². The molecule has 7 nitrogen and oxygen atoms in total. The Morgan fingerprint density at radius 2 is 0.674 bits per heavy atom. The smallest absolute Gasteiger partial charge is 0.353 e. The summed E-state index contributed by atoms with van der Waals surface area (Å²) in [5, 5.41) is 20.3. The molecule has 0 fully saturated rings. The molecule has 0 aliphatic carbocycles. The van der Waals surface area contributed by atoms with Gasteiger partial charge in [-0.3, -0.25) is 13.6 Å². The Balaban J connectivity index is 0. The van der Waals surface area contributed by atoms with Crippen molar-refractivity contribution in [3.8, 4) is 0 Å². The molecule has 0 aromatic heterocycles. The van der Waals surface area contributed by atoms with Crippen LogP contribution >= 0.6 is 0 Å². The van der Waals surface area contributed by atoms with E-state index >= 15 is 0 Å². The Labute approximate surface area is 268 Å². The topological polar surface area (TPSA) is 107 Å². The Hall–Kier alpha value is -0.250. The number of aliphatic hydroxyl groups is 2. The lowest BCUT2D eigenvalue weighted by molar-refractivity contribution is -0.250. The molecular formula is C35H75NO6S. The first kappa shape index (κ1) is 44.9. The average Bonchev–Trinajstić information content (AvgIpc) is 2.95. The van der Waals surface area contributed by atoms with Crippen molar-refractivity contribution in [2.24, 2.45) is 0 Å². The minimum Gasteiger partial charge on any atom is -0.353 e. The Bertz CT molecular complexity index is 607. The van der Waals surface area contributed by atoms with Gasteiger partial charge in [0.15, 0.2) is 0 Å². The molecule has 0 saturated heterocycles. The summed E-state index contributed by atoms with van der Waals surface area (Å²) in [6.07, 6.45) is 38.0. The van der Waals surface area contributed by atoms with Crippen molar-refractivity contribution >= 4 is 10.4 Å². The highest BCUT2D eigenvalue weighted by atomic mass is 32.3. The maximum Gasteiger partial charge on any atom is 0.397 e. The molecule has 0 radical (unpaired) electrons. The van der Waals surface area contributed by atoms with Gasteiger partial charge in [-0.2, -0.15) is 8.42 Å². The van der Waals surface area contributed by atoms with Gasteiger partial charge in [-0.25, -0.2) is 0 Å². The van der Waals surface area contributed by atoms with Gasteiger partial charge in [0.25, 0.3) is 0 Å². The molecule has 8 heteroatoms. The number of rotatable bonds is 32. The number of hydrogen-bond donors (Lipinski definition) is 3. The standard InChI is InChI=1S/C34H71NO2.CH4O4S/c1-4-6-8-10-12-14-16-18-20-22-24-26-28-30-32-35(34(3,36)37)33-31-29-27-25-23-21-19-17-15-13-11-9-7-5-2;1-5-6(2,3)4/h36-37H,4-33H2,1-3H3;1H3,(H,2,3,4). The molecule has 3 N–H and O–H groups in total. The van der Waals surface area contributed by atoms with Gasteiger partial charge in [-0.1, -0.05) is 181 Å². The molecule has 0 heterocycles. The summed E-state index contributed by atoms with van der Waals surface area (Å²) in [4.78, 5) is 1.88. The van der Waals surface area contributed by atoms with Crippen LogP contribution in [0.25, 0.3) is 0 Å². The third kappa shape index (κ3) is 39.7. The van der Waals surface area contributed by atoms with Gasteiger partial charge >= 0.3 is 10.4 Å². The van der Waals surface area contributed by atoms with Crippen molar-refractivity contribution in [2.75, 3.05) is 20.2 Å². The maximum atomic E-state index is 10.2. The third-order valence-corrected chi connectivity index (χ3v) is 8.79. The SMILES string of the molecule is CCCCCCCCCCCCCCCCN(CCCCCCCCCCCCCCCC)C(C)(O)O.COS(=O)(=O)O. The summed E-state index contributed by atoms with van der Waals surface area (Å²) in [5.41, 5.74) is 0. The lowest BCUT2D eigenvalue weighted by Crippen LogP contribution is -2.47. The van der Waals surface area contributed by atoms with Crippen molar-refractivity contribution < 1.29 is 27.4 Å². The molecule has 0 bridgehead atoms. The monoisotopic (exact) mass is 638 g/mol. The lowest BCUT2D eigenvalue weighted by Gasteiger charge is -2.32. The van der Waals surface area contributed by atoms with E-state index in [0.717, 1.165) is 33.0 Å². The zero-order valence-electron chi connectivity index (χ0n) is 29.1. The van der Waals surface area contributed by atoms with Gasteiger partial charge in [-0.05, 0) is 12.8 Å². The molecule has 0 aromatic carbocycles. The highest BCUT2D eigenvalue weighted by Gasteiger charge is 2.24. The third-order valence-electron chi connectivity index (χ3n) is 8.37. The molecule has 0 aromatic rings. The summed E-state index contributed by atoms with van der Waals surface area (Å²) < 4.78 is 29.7. The molecule has 262 valence electrons. The molecular weight excluding hydrogens is 562 g/mol. The quantitative estimate of drug-likeness (QED) is 0.0383. The second-order valence-electron chi connectivity index (χ2n) is 12.7. The number of unbranched alkanes of at least 4 members (excludes halogenated alkanes) is 26. The van der Waals surface area contributed by atoms with E-state index in [1.165, 1.54) is 174 Å². The van der Waals surface area contributed by atoms with E-state index in [2.05, 4.69) is 18.0 Å². The first-order valence-electron chi connectivity index (χ1n) is 18.3. The Kier molecular flexibility index (Phi) is 34.6. The van der Waals surface area contributed by atoms with Crippen molar-refractivity contribution in [3.05, 3.63) is 0 Å². The summed E-state index contributed by atoms with van der Waals surface area (Å²) in [7, 11) is -3.29. The molecule has 0 amide bonds. The van der Waals surface area contributed by atoms with Crippen molar-refractivity contribution in [1.29, 1.82) is 0 Å². The van der Waals surface area contributed by atoms with Crippen LogP contribution in [0.5, 0.6) is 0 Å². The van der Waals surface area contributed by atoms with Crippen molar-refractivity contribution in [1.82, 2.24) is 4.90 Å². The van der Waals surface area contributed by atoms with Gasteiger partial charge in [0.05, 0.1) is 7.11 Å². The largest absolute Gasteiger partial charge is 0.397 e. The van der Waals surface area contributed by atoms with Crippen LogP contribution in [0.4, 0.5) is 0 Å². The number of hydrogen-bond acceptors (Lipinski definition) is 6. The Morgan fingerprint density at radius 1 is 0.488 bits per heavy atom. The van der Waals surface area contributed by atoms with Crippen LogP contribution in [0.2, 0.25) is 0 Å². The zero-order chi connectivity index (χ0) is 32.5. The van der Waals surface area contributed by atoms with Crippen LogP contribution in [0.15, 0.2) is 0 Å². The van der Waals surface area contributed by atoms with E-state index in [0.29, 0.717) is 0 Å². The van der Waals surface area contributed by atoms with E-state index in [9.17, 15) is 18.6 Å². The predicted molar refractivity (Wildman–Crippen MR) is 184 cm³/mol. The van der Waals surface area contributed by atoms with Gasteiger partial charge in [0.2, 0.25) is 5.91 Å². The molecule has 43 heavy (non-hydrogen) atoms. The highest BCUT2D eigenvalue weighted by molar-refractivity contribution is 7.80. The fraction of sp³-hybridized carbons (Fsp3) is 1.00. The average molecular weight is 638 g/mol. The maximum absolute atomic E-state index is 10.2. The van der Waals surface area contributed by atoms with Crippen molar-refractivity contribution in [2.45, 2.75) is 206 Å². The second-order valence-corrected chi connectivity index (χ2v) is 13.9. The summed E-state index contributed by atoms with van der Waals surface area (Å²) in [6, 6.07) is 0. The van der Waals surface area contributed by atoms with E-state index in [1.807, 2.05) is 4.90 Å². The molecule has 0 rings (SSSR count). The normalized spacial score (nSPS) is 12.1. The van der Waals surface area contributed by atoms with Gasteiger partial charge in [0.1, 0.15) is 0 Å². The summed E-state index contributed by atoms with van der Waals surface area (Å²) >= 11 is 0. The van der Waals surface area contributed by atoms with Crippen LogP contribution in [0.1, 0.15) is 201 Å². The molecule has 0 saturated carbocycles. The Morgan fingerprint density at radius 3 is 0.837 bits per heavy atom. The highest BCUT2D eigenvalue weighted by Crippen LogP contribution is 2.17. The van der Waals surface area contributed by atoms with Crippen LogP contribution in [0, 0.1) is 0 Å². The van der Waals surface area contributed by atoms with Gasteiger partial charge in [-0.15, -0.1) is 0 Å². The van der Waals surface area contributed by atoms with Crippen LogP contribution in [-0.4, -0.2) is 54.2 Å². The summed E-state index contributed by atoms with van der Waals surface area (Å²) in [6.45, 7) is 7.71. The van der Waals surface area contributed by atoms with E-state index < -0.39 is 16.3 Å². The molecule has 0 aliphatic heterocycles. The first-order valence-corrected chi connectivity index (χ1v) is 19.7. The zero-order valence-corrected chi connectivity index (χ0v) is 30.0. The fourth-order valence-electron chi connectivity index (χ4n) is 5.53. The number of nitrogens with zero attached hydrogens (tertiary/aromatic N) is 1. The molecule has 0 unspecified atom stereocenters. The lowest BCUT2D eigenvalue weighted by atomic mass is 10.0. The minimum absolute atomic E-state index is 0.806. The fourth-order valence-corrected chi connectivity index (χ4v) is 5.53. The van der Waals surface area contributed by atoms with Crippen LogP contribution in [0.3, 0.4) is 0 Å². The van der Waals surface area contributed by atoms with Crippen molar-refractivity contribution in [3.63, 3.8) is 0 Å². The van der Waals surface area contributed by atoms with Crippen LogP contribution in [-0.2, 0) is 14.6 Å². The van der Waals surface area contributed by atoms with E-state index in [1.54, 1.807) is 0 Å². The minimum atomic E-state index is -4.16. The van der Waals surface area contributed by atoms with Crippen LogP contribution < -0.4 is 0 Å².